The van der Waals surface area contributed by atoms with Crippen LogP contribution in [0.25, 0.3) is 0 Å². The summed E-state index contributed by atoms with van der Waals surface area (Å²) in [5.74, 6) is 0.544. The molecule has 0 aliphatic heterocycles. The Morgan fingerprint density at radius 3 is 2.85 bits per heavy atom. The molecular weight excluding hydrogens is 258 g/mol. The van der Waals surface area contributed by atoms with Gasteiger partial charge < -0.3 is 20.4 Å². The van der Waals surface area contributed by atoms with E-state index in [4.69, 9.17) is 10.9 Å². The van der Waals surface area contributed by atoms with Gasteiger partial charge in [0.15, 0.2) is 5.82 Å². The van der Waals surface area contributed by atoms with E-state index in [-0.39, 0.29) is 17.4 Å². The van der Waals surface area contributed by atoms with E-state index < -0.39 is 0 Å². The Kier molecular flexibility index (Phi) is 6.02. The monoisotopic (exact) mass is 281 g/mol. The first-order valence-electron chi connectivity index (χ1n) is 6.79. The molecule has 0 radical (unpaired) electrons. The van der Waals surface area contributed by atoms with Crippen molar-refractivity contribution < 1.29 is 5.21 Å². The molecule has 1 aromatic rings. The van der Waals surface area contributed by atoms with Gasteiger partial charge in [-0.25, -0.2) is 4.98 Å². The van der Waals surface area contributed by atoms with Gasteiger partial charge in [-0.05, 0) is 20.3 Å². The molecule has 0 amide bonds. The minimum absolute atomic E-state index is 0.0965. The molecule has 1 heterocycles. The quantitative estimate of drug-likeness (QED) is 0.336. The van der Waals surface area contributed by atoms with Crippen molar-refractivity contribution in [3.8, 4) is 0 Å². The second kappa shape index (κ2) is 7.52. The van der Waals surface area contributed by atoms with Crippen molar-refractivity contribution in [2.24, 2.45) is 10.9 Å². The molecule has 0 atom stereocenters. The molecule has 1 aromatic heterocycles. The maximum atomic E-state index is 12.4. The summed E-state index contributed by atoms with van der Waals surface area (Å²) in [6, 6.07) is 0.0965. The number of oxime groups is 1. The minimum Gasteiger partial charge on any atom is -0.409 e. The Morgan fingerprint density at radius 2 is 2.30 bits per heavy atom. The van der Waals surface area contributed by atoms with Gasteiger partial charge >= 0.3 is 0 Å². The van der Waals surface area contributed by atoms with Gasteiger partial charge in [0, 0.05) is 37.9 Å². The number of aromatic nitrogens is 2. The average Bonchev–Trinajstić information content (AvgIpc) is 2.42. The maximum absolute atomic E-state index is 12.4. The molecule has 0 saturated heterocycles. The van der Waals surface area contributed by atoms with Crippen molar-refractivity contribution in [3.05, 3.63) is 22.7 Å². The predicted molar refractivity (Wildman–Crippen MR) is 79.3 cm³/mol. The van der Waals surface area contributed by atoms with Crippen LogP contribution in [0.5, 0.6) is 0 Å². The number of rotatable bonds is 7. The minimum atomic E-state index is -0.109. The Morgan fingerprint density at radius 1 is 1.60 bits per heavy atom. The van der Waals surface area contributed by atoms with Crippen LogP contribution in [-0.2, 0) is 6.54 Å². The highest BCUT2D eigenvalue weighted by atomic mass is 16.4. The molecule has 0 saturated carbocycles. The fourth-order valence-electron chi connectivity index (χ4n) is 1.94. The second-order valence-electron chi connectivity index (χ2n) is 4.88. The summed E-state index contributed by atoms with van der Waals surface area (Å²) in [6.45, 7) is 7.12. The van der Waals surface area contributed by atoms with Gasteiger partial charge in [0.25, 0.3) is 5.56 Å². The van der Waals surface area contributed by atoms with Crippen molar-refractivity contribution in [2.45, 2.75) is 46.2 Å². The predicted octanol–water partition coefficient (Wildman–Crippen LogP) is 1.00. The van der Waals surface area contributed by atoms with Crippen LogP contribution in [-0.4, -0.2) is 33.2 Å². The smallest absolute Gasteiger partial charge is 0.293 e. The Bertz CT molecular complexity index is 510. The van der Waals surface area contributed by atoms with Crippen molar-refractivity contribution in [1.82, 2.24) is 9.55 Å². The highest BCUT2D eigenvalue weighted by molar-refractivity contribution is 5.80. The SMILES string of the molecule is CCCn1ccnc(N(CCC(N)=NO)C(C)C)c1=O. The Balaban J connectivity index is 3.03. The third-order valence-electron chi connectivity index (χ3n) is 2.99. The van der Waals surface area contributed by atoms with Gasteiger partial charge in [-0.15, -0.1) is 0 Å². The molecule has 0 spiro atoms. The molecule has 0 bridgehead atoms. The number of nitrogens with zero attached hydrogens (tertiary/aromatic N) is 4. The van der Waals surface area contributed by atoms with Crippen LogP contribution in [0.15, 0.2) is 22.3 Å². The summed E-state index contributed by atoms with van der Waals surface area (Å²) in [4.78, 5) is 18.4. The molecule has 3 N–H and O–H groups in total. The Labute approximate surface area is 118 Å². The molecule has 20 heavy (non-hydrogen) atoms. The summed E-state index contributed by atoms with van der Waals surface area (Å²) in [6.07, 6.45) is 4.58. The van der Waals surface area contributed by atoms with Gasteiger partial charge in [-0.3, -0.25) is 4.79 Å². The largest absolute Gasteiger partial charge is 0.409 e. The topological polar surface area (TPSA) is 96.7 Å². The fraction of sp³-hybridized carbons (Fsp3) is 0.615. The molecule has 0 aliphatic carbocycles. The molecule has 1 rings (SSSR count). The van der Waals surface area contributed by atoms with E-state index >= 15 is 0 Å². The molecule has 7 nitrogen and oxygen atoms in total. The summed E-state index contributed by atoms with van der Waals surface area (Å²) in [5.41, 5.74) is 5.38. The van der Waals surface area contributed by atoms with Crippen LogP contribution in [0.4, 0.5) is 5.82 Å². The van der Waals surface area contributed by atoms with E-state index in [1.165, 1.54) is 0 Å². The van der Waals surface area contributed by atoms with Gasteiger partial charge in [-0.1, -0.05) is 12.1 Å². The zero-order valence-corrected chi connectivity index (χ0v) is 12.3. The number of hydrogen-bond acceptors (Lipinski definition) is 5. The van der Waals surface area contributed by atoms with E-state index in [1.54, 1.807) is 17.0 Å². The van der Waals surface area contributed by atoms with E-state index in [0.29, 0.717) is 25.3 Å². The molecule has 0 aromatic carbocycles. The van der Waals surface area contributed by atoms with Crippen LogP contribution in [0, 0.1) is 0 Å². The summed E-state index contributed by atoms with van der Waals surface area (Å²) in [7, 11) is 0. The molecule has 112 valence electrons. The van der Waals surface area contributed by atoms with E-state index in [2.05, 4.69) is 10.1 Å². The Hall–Kier alpha value is -2.05. The number of anilines is 1. The molecular formula is C13H23N5O2. The van der Waals surface area contributed by atoms with Crippen molar-refractivity contribution in [3.63, 3.8) is 0 Å². The lowest BCUT2D eigenvalue weighted by Crippen LogP contribution is -2.39. The van der Waals surface area contributed by atoms with Gasteiger partial charge in [0.05, 0.1) is 0 Å². The standard InChI is InChI=1S/C13H23N5O2/c1-4-7-17-9-6-15-12(13(17)19)18(10(2)3)8-5-11(14)16-20/h6,9-10,20H,4-5,7-8H2,1-3H3,(H2,14,16). The zero-order chi connectivity index (χ0) is 15.1. The summed E-state index contributed by atoms with van der Waals surface area (Å²) in [5, 5.41) is 11.5. The summed E-state index contributed by atoms with van der Waals surface area (Å²) < 4.78 is 1.65. The van der Waals surface area contributed by atoms with Gasteiger partial charge in [-0.2, -0.15) is 0 Å². The van der Waals surface area contributed by atoms with Crippen LogP contribution < -0.4 is 16.2 Å². The van der Waals surface area contributed by atoms with Crippen molar-refractivity contribution in [1.29, 1.82) is 0 Å². The number of hydrogen-bond donors (Lipinski definition) is 2. The lowest BCUT2D eigenvalue weighted by molar-refractivity contribution is 0.317. The van der Waals surface area contributed by atoms with Crippen molar-refractivity contribution >= 4 is 11.7 Å². The number of amidine groups is 1. The van der Waals surface area contributed by atoms with Gasteiger partial charge in [0.2, 0.25) is 0 Å². The zero-order valence-electron chi connectivity index (χ0n) is 12.3. The highest BCUT2D eigenvalue weighted by Crippen LogP contribution is 2.09. The van der Waals surface area contributed by atoms with Gasteiger partial charge in [0.1, 0.15) is 5.84 Å². The first-order valence-corrected chi connectivity index (χ1v) is 6.79. The van der Waals surface area contributed by atoms with Crippen LogP contribution >= 0.6 is 0 Å². The lowest BCUT2D eigenvalue weighted by atomic mass is 10.2. The highest BCUT2D eigenvalue weighted by Gasteiger charge is 2.17. The van der Waals surface area contributed by atoms with E-state index in [1.807, 2.05) is 25.7 Å². The third kappa shape index (κ3) is 3.97. The number of aryl methyl sites for hydroxylation is 1. The lowest BCUT2D eigenvalue weighted by Gasteiger charge is -2.27. The fourth-order valence-corrected chi connectivity index (χ4v) is 1.94. The summed E-state index contributed by atoms with van der Waals surface area (Å²) >= 11 is 0. The van der Waals surface area contributed by atoms with Crippen molar-refractivity contribution in [2.75, 3.05) is 11.4 Å². The first-order chi connectivity index (χ1) is 9.51. The van der Waals surface area contributed by atoms with Crippen LogP contribution in [0.1, 0.15) is 33.6 Å². The molecule has 0 fully saturated rings. The third-order valence-corrected chi connectivity index (χ3v) is 2.99. The van der Waals surface area contributed by atoms with E-state index in [9.17, 15) is 4.79 Å². The average molecular weight is 281 g/mol. The second-order valence-corrected chi connectivity index (χ2v) is 4.88. The number of nitrogens with two attached hydrogens (primary N) is 1. The molecule has 0 unspecified atom stereocenters. The molecule has 0 aliphatic rings. The van der Waals surface area contributed by atoms with Crippen LogP contribution in [0.2, 0.25) is 0 Å². The van der Waals surface area contributed by atoms with Crippen LogP contribution in [0.3, 0.4) is 0 Å². The maximum Gasteiger partial charge on any atom is 0.293 e. The van der Waals surface area contributed by atoms with E-state index in [0.717, 1.165) is 6.42 Å². The first kappa shape index (κ1) is 16.0. The normalized spacial score (nSPS) is 11.9. The molecule has 7 heteroatoms.